The minimum Gasteiger partial charge on any atom is -0.453 e. The number of benzene rings is 1. The van der Waals surface area contributed by atoms with Crippen LogP contribution in [-0.2, 0) is 11.2 Å². The molecule has 0 spiro atoms. The third-order valence-electron chi connectivity index (χ3n) is 5.98. The number of pyridine rings is 2. The van der Waals surface area contributed by atoms with Crippen LogP contribution in [0.15, 0.2) is 55.0 Å². The molecule has 9 heteroatoms. The molecule has 1 aliphatic rings. The number of ether oxygens (including phenoxy) is 1. The minimum absolute atomic E-state index is 0.193. The standard InChI is InChI=1S/C25H22FN5O3/c1-15-5-8-19-18(23(15)26)4-3-11-30(19)24(32)17-7-10-22-28-13-20(31(22)14-17)16-6-9-21(27-12-16)29-25(33)34-2/h5-10,12-14H,3-4,11H2,1-2H3,(H,27,29,33). The molecule has 0 radical (unpaired) electrons. The average Bonchev–Trinajstić information content (AvgIpc) is 3.29. The van der Waals surface area contributed by atoms with E-state index in [-0.39, 0.29) is 11.7 Å². The molecule has 0 bridgehead atoms. The van der Waals surface area contributed by atoms with Gasteiger partial charge in [0, 0.05) is 30.1 Å². The second-order valence-corrected chi connectivity index (χ2v) is 8.09. The van der Waals surface area contributed by atoms with E-state index in [4.69, 9.17) is 0 Å². The highest BCUT2D eigenvalue weighted by Crippen LogP contribution is 2.32. The molecule has 172 valence electrons. The zero-order valence-corrected chi connectivity index (χ0v) is 18.7. The maximum Gasteiger partial charge on any atom is 0.412 e. The van der Waals surface area contributed by atoms with E-state index in [1.807, 2.05) is 10.5 Å². The van der Waals surface area contributed by atoms with Crippen molar-refractivity contribution in [3.05, 3.63) is 77.5 Å². The number of amides is 2. The number of carbonyl (C=O) groups excluding carboxylic acids is 2. The number of carbonyl (C=O) groups is 2. The highest BCUT2D eigenvalue weighted by Gasteiger charge is 2.26. The third-order valence-corrected chi connectivity index (χ3v) is 5.98. The fraction of sp³-hybridized carbons (Fsp3) is 0.200. The van der Waals surface area contributed by atoms with Gasteiger partial charge in [-0.3, -0.25) is 14.5 Å². The number of aryl methyl sites for hydroxylation is 1. The van der Waals surface area contributed by atoms with Crippen molar-refractivity contribution in [3.8, 4) is 11.3 Å². The highest BCUT2D eigenvalue weighted by atomic mass is 19.1. The second kappa shape index (κ2) is 8.58. The molecule has 4 heterocycles. The van der Waals surface area contributed by atoms with Gasteiger partial charge in [0.25, 0.3) is 5.91 Å². The number of nitrogens with zero attached hydrogens (tertiary/aromatic N) is 4. The van der Waals surface area contributed by atoms with Crippen LogP contribution in [0.4, 0.5) is 20.7 Å². The lowest BCUT2D eigenvalue weighted by atomic mass is 9.98. The Balaban J connectivity index is 1.48. The lowest BCUT2D eigenvalue weighted by molar-refractivity contribution is 0.0984. The predicted molar refractivity (Wildman–Crippen MR) is 126 cm³/mol. The summed E-state index contributed by atoms with van der Waals surface area (Å²) >= 11 is 0. The van der Waals surface area contributed by atoms with Crippen LogP contribution in [0.5, 0.6) is 0 Å². The number of imidazole rings is 1. The van der Waals surface area contributed by atoms with Crippen LogP contribution in [0.1, 0.15) is 27.9 Å². The summed E-state index contributed by atoms with van der Waals surface area (Å²) in [6, 6.07) is 10.5. The van der Waals surface area contributed by atoms with Gasteiger partial charge in [-0.1, -0.05) is 6.07 Å². The normalized spacial score (nSPS) is 13.0. The van der Waals surface area contributed by atoms with E-state index in [1.54, 1.807) is 60.7 Å². The van der Waals surface area contributed by atoms with Crippen molar-refractivity contribution in [2.45, 2.75) is 19.8 Å². The lowest BCUT2D eigenvalue weighted by Crippen LogP contribution is -2.36. The fourth-order valence-corrected chi connectivity index (χ4v) is 4.22. The predicted octanol–water partition coefficient (Wildman–Crippen LogP) is 4.62. The van der Waals surface area contributed by atoms with Crippen molar-refractivity contribution in [2.24, 2.45) is 0 Å². The van der Waals surface area contributed by atoms with Gasteiger partial charge in [0.15, 0.2) is 0 Å². The third kappa shape index (κ3) is 3.75. The Kier molecular flexibility index (Phi) is 5.45. The number of methoxy groups -OCH3 is 1. The smallest absolute Gasteiger partial charge is 0.412 e. The molecular formula is C25H22FN5O3. The van der Waals surface area contributed by atoms with Gasteiger partial charge in [-0.25, -0.2) is 19.2 Å². The van der Waals surface area contributed by atoms with Gasteiger partial charge in [-0.15, -0.1) is 0 Å². The van der Waals surface area contributed by atoms with Crippen LogP contribution in [0.25, 0.3) is 16.9 Å². The van der Waals surface area contributed by atoms with Gasteiger partial charge in [0.1, 0.15) is 17.3 Å². The monoisotopic (exact) mass is 459 g/mol. The van der Waals surface area contributed by atoms with E-state index in [1.165, 1.54) is 7.11 Å². The Labute approximate surface area is 195 Å². The van der Waals surface area contributed by atoms with Crippen molar-refractivity contribution in [1.29, 1.82) is 0 Å². The van der Waals surface area contributed by atoms with Crippen LogP contribution < -0.4 is 10.2 Å². The number of rotatable bonds is 3. The Morgan fingerprint density at radius 1 is 1.09 bits per heavy atom. The summed E-state index contributed by atoms with van der Waals surface area (Å²) in [6.45, 7) is 2.26. The average molecular weight is 459 g/mol. The van der Waals surface area contributed by atoms with Crippen LogP contribution >= 0.6 is 0 Å². The molecule has 0 fully saturated rings. The number of aromatic nitrogens is 3. The first-order chi connectivity index (χ1) is 16.5. The Hall–Kier alpha value is -4.27. The van der Waals surface area contributed by atoms with Crippen LogP contribution in [0.2, 0.25) is 0 Å². The molecular weight excluding hydrogens is 437 g/mol. The zero-order valence-electron chi connectivity index (χ0n) is 18.7. The van der Waals surface area contributed by atoms with Gasteiger partial charge in [-0.2, -0.15) is 0 Å². The first-order valence-electron chi connectivity index (χ1n) is 10.8. The summed E-state index contributed by atoms with van der Waals surface area (Å²) in [6.07, 6.45) is 5.75. The van der Waals surface area contributed by atoms with Crippen LogP contribution in [0, 0.1) is 12.7 Å². The summed E-state index contributed by atoms with van der Waals surface area (Å²) in [5.41, 5.74) is 4.44. The second-order valence-electron chi connectivity index (χ2n) is 8.09. The van der Waals surface area contributed by atoms with Gasteiger partial charge in [0.05, 0.1) is 30.3 Å². The molecule has 0 saturated carbocycles. The molecule has 0 unspecified atom stereocenters. The minimum atomic E-state index is -0.604. The number of fused-ring (bicyclic) bond motifs is 2. The van der Waals surface area contributed by atoms with E-state index < -0.39 is 6.09 Å². The number of hydrogen-bond donors (Lipinski definition) is 1. The van der Waals surface area contributed by atoms with Crippen LogP contribution in [-0.4, -0.2) is 40.0 Å². The van der Waals surface area contributed by atoms with E-state index in [2.05, 4.69) is 20.0 Å². The lowest BCUT2D eigenvalue weighted by Gasteiger charge is -2.30. The van der Waals surface area contributed by atoms with E-state index in [0.717, 1.165) is 11.3 Å². The molecule has 1 aliphatic heterocycles. The molecule has 0 saturated heterocycles. The zero-order chi connectivity index (χ0) is 23.8. The molecule has 5 rings (SSSR count). The summed E-state index contributed by atoms with van der Waals surface area (Å²) in [5.74, 6) is -0.0759. The summed E-state index contributed by atoms with van der Waals surface area (Å²) < 4.78 is 21.1. The van der Waals surface area contributed by atoms with E-state index >= 15 is 0 Å². The number of anilines is 2. The quantitative estimate of drug-likeness (QED) is 0.483. The largest absolute Gasteiger partial charge is 0.453 e. The van der Waals surface area contributed by atoms with Crippen LogP contribution in [0.3, 0.4) is 0 Å². The number of nitrogens with one attached hydrogen (secondary N) is 1. The van der Waals surface area contributed by atoms with Crippen molar-refractivity contribution in [2.75, 3.05) is 23.9 Å². The molecule has 0 atom stereocenters. The first kappa shape index (κ1) is 21.6. The summed E-state index contributed by atoms with van der Waals surface area (Å²) in [4.78, 5) is 35.1. The van der Waals surface area contributed by atoms with E-state index in [0.29, 0.717) is 53.2 Å². The van der Waals surface area contributed by atoms with Crippen molar-refractivity contribution in [3.63, 3.8) is 0 Å². The molecule has 1 N–H and O–H groups in total. The van der Waals surface area contributed by atoms with E-state index in [9.17, 15) is 14.0 Å². The maximum absolute atomic E-state index is 14.7. The van der Waals surface area contributed by atoms with Gasteiger partial charge in [-0.05, 0) is 55.7 Å². The molecule has 2 amide bonds. The Morgan fingerprint density at radius 2 is 1.94 bits per heavy atom. The maximum atomic E-state index is 14.7. The molecule has 4 aromatic rings. The van der Waals surface area contributed by atoms with Gasteiger partial charge in [0.2, 0.25) is 0 Å². The number of halogens is 1. The summed E-state index contributed by atoms with van der Waals surface area (Å²) in [5, 5.41) is 2.51. The number of hydrogen-bond acceptors (Lipinski definition) is 5. The topological polar surface area (TPSA) is 88.8 Å². The van der Waals surface area contributed by atoms with Gasteiger partial charge < -0.3 is 9.64 Å². The van der Waals surface area contributed by atoms with Crippen molar-refractivity contribution in [1.82, 2.24) is 14.4 Å². The fourth-order valence-electron chi connectivity index (χ4n) is 4.22. The van der Waals surface area contributed by atoms with Crippen molar-refractivity contribution >= 4 is 29.2 Å². The Bertz CT molecular complexity index is 1410. The first-order valence-corrected chi connectivity index (χ1v) is 10.8. The molecule has 34 heavy (non-hydrogen) atoms. The Morgan fingerprint density at radius 3 is 2.71 bits per heavy atom. The molecule has 8 nitrogen and oxygen atoms in total. The van der Waals surface area contributed by atoms with Crippen molar-refractivity contribution < 1.29 is 18.7 Å². The SMILES string of the molecule is COC(=O)Nc1ccc(-c2cnc3ccc(C(=O)N4CCCc5c4ccc(C)c5F)cn23)cn1. The van der Waals surface area contributed by atoms with Gasteiger partial charge >= 0.3 is 6.09 Å². The molecule has 1 aromatic carbocycles. The highest BCUT2D eigenvalue weighted by molar-refractivity contribution is 6.06. The molecule has 0 aliphatic carbocycles. The summed E-state index contributed by atoms with van der Waals surface area (Å²) in [7, 11) is 1.28. The molecule has 3 aromatic heterocycles.